The van der Waals surface area contributed by atoms with E-state index in [0.29, 0.717) is 30.4 Å². The smallest absolute Gasteiger partial charge is 0.252 e. The first-order valence-electron chi connectivity index (χ1n) is 7.24. The number of carbonyl (C=O) groups is 1. The maximum atomic E-state index is 12.6. The molecule has 21 heavy (non-hydrogen) atoms. The summed E-state index contributed by atoms with van der Waals surface area (Å²) in [5, 5.41) is 0. The van der Waals surface area contributed by atoms with Crippen LogP contribution in [0.3, 0.4) is 0 Å². The van der Waals surface area contributed by atoms with Gasteiger partial charge in [0.1, 0.15) is 4.21 Å². The zero-order chi connectivity index (χ0) is 15.6. The molecule has 2 heterocycles. The SMILES string of the molecule is CCc1ccc(S(=O)(=O)N2CCN(C(=O)C(C)C)CC2)s1. The number of hydrogen-bond donors (Lipinski definition) is 0. The molecule has 0 unspecified atom stereocenters. The quantitative estimate of drug-likeness (QED) is 0.846. The van der Waals surface area contributed by atoms with Gasteiger partial charge in [-0.25, -0.2) is 8.42 Å². The Hall–Kier alpha value is -0.920. The fourth-order valence-corrected chi connectivity index (χ4v) is 5.20. The Labute approximate surface area is 130 Å². The van der Waals surface area contributed by atoms with Crippen molar-refractivity contribution in [3.63, 3.8) is 0 Å². The van der Waals surface area contributed by atoms with Crippen molar-refractivity contribution in [2.75, 3.05) is 26.2 Å². The van der Waals surface area contributed by atoms with E-state index in [1.54, 1.807) is 11.0 Å². The first kappa shape index (κ1) is 16.5. The standard InChI is InChI=1S/C14H22N2O3S2/c1-4-12-5-6-13(20-12)21(18,19)16-9-7-15(8-10-16)14(17)11(2)3/h5-6,11H,4,7-10H2,1-3H3. The lowest BCUT2D eigenvalue weighted by Crippen LogP contribution is -2.51. The molecule has 1 aliphatic rings. The number of rotatable bonds is 4. The second-order valence-electron chi connectivity index (χ2n) is 5.46. The minimum atomic E-state index is -3.41. The molecule has 1 saturated heterocycles. The van der Waals surface area contributed by atoms with Crippen molar-refractivity contribution in [3.8, 4) is 0 Å². The van der Waals surface area contributed by atoms with Crippen LogP contribution in [0.4, 0.5) is 0 Å². The lowest BCUT2D eigenvalue weighted by molar-refractivity contribution is -0.135. The molecule has 7 heteroatoms. The summed E-state index contributed by atoms with van der Waals surface area (Å²) in [4.78, 5) is 14.8. The van der Waals surface area contributed by atoms with Crippen LogP contribution in [-0.2, 0) is 21.2 Å². The summed E-state index contributed by atoms with van der Waals surface area (Å²) in [5.41, 5.74) is 0. The van der Waals surface area contributed by atoms with Crippen LogP contribution < -0.4 is 0 Å². The molecule has 1 fully saturated rings. The van der Waals surface area contributed by atoms with Gasteiger partial charge in [-0.05, 0) is 18.6 Å². The number of carbonyl (C=O) groups excluding carboxylic acids is 1. The molecule has 0 aliphatic carbocycles. The van der Waals surface area contributed by atoms with Crippen LogP contribution in [-0.4, -0.2) is 49.7 Å². The van der Waals surface area contributed by atoms with Crippen molar-refractivity contribution in [2.45, 2.75) is 31.4 Å². The van der Waals surface area contributed by atoms with Gasteiger partial charge in [0.05, 0.1) is 0 Å². The van der Waals surface area contributed by atoms with Crippen LogP contribution in [0.1, 0.15) is 25.6 Å². The molecule has 0 aromatic carbocycles. The number of piperazine rings is 1. The average molecular weight is 330 g/mol. The van der Waals surface area contributed by atoms with Crippen LogP contribution in [0.2, 0.25) is 0 Å². The molecule has 1 amide bonds. The minimum Gasteiger partial charge on any atom is -0.340 e. The molecule has 0 saturated carbocycles. The van der Waals surface area contributed by atoms with Crippen molar-refractivity contribution in [1.29, 1.82) is 0 Å². The average Bonchev–Trinajstić information content (AvgIpc) is 2.96. The number of aryl methyl sites for hydroxylation is 1. The molecule has 0 bridgehead atoms. The third-order valence-corrected chi connectivity index (χ3v) is 7.22. The summed E-state index contributed by atoms with van der Waals surface area (Å²) in [6, 6.07) is 3.56. The highest BCUT2D eigenvalue weighted by molar-refractivity contribution is 7.91. The summed E-state index contributed by atoms with van der Waals surface area (Å²) in [7, 11) is -3.41. The highest BCUT2D eigenvalue weighted by Gasteiger charge is 2.31. The zero-order valence-corrected chi connectivity index (χ0v) is 14.3. The Balaban J connectivity index is 2.06. The monoisotopic (exact) mass is 330 g/mol. The molecule has 0 radical (unpaired) electrons. The molecule has 0 atom stereocenters. The maximum Gasteiger partial charge on any atom is 0.252 e. The normalized spacial score (nSPS) is 17.4. The third-order valence-electron chi connectivity index (χ3n) is 3.62. The van der Waals surface area contributed by atoms with Crippen molar-refractivity contribution < 1.29 is 13.2 Å². The van der Waals surface area contributed by atoms with Crippen molar-refractivity contribution in [3.05, 3.63) is 17.0 Å². The van der Waals surface area contributed by atoms with Gasteiger partial charge in [0, 0.05) is 37.0 Å². The van der Waals surface area contributed by atoms with Crippen molar-refractivity contribution in [2.24, 2.45) is 5.92 Å². The minimum absolute atomic E-state index is 0.0439. The van der Waals surface area contributed by atoms with Gasteiger partial charge in [0.25, 0.3) is 10.0 Å². The number of nitrogens with zero attached hydrogens (tertiary/aromatic N) is 2. The van der Waals surface area contributed by atoms with E-state index in [9.17, 15) is 13.2 Å². The molecule has 118 valence electrons. The third kappa shape index (κ3) is 3.46. The van der Waals surface area contributed by atoms with Gasteiger partial charge >= 0.3 is 0 Å². The van der Waals surface area contributed by atoms with E-state index < -0.39 is 10.0 Å². The van der Waals surface area contributed by atoms with Crippen molar-refractivity contribution >= 4 is 27.3 Å². The second-order valence-corrected chi connectivity index (χ2v) is 8.79. The summed E-state index contributed by atoms with van der Waals surface area (Å²) < 4.78 is 27.0. The fourth-order valence-electron chi connectivity index (χ4n) is 2.33. The molecule has 0 spiro atoms. The van der Waals surface area contributed by atoms with Crippen LogP contribution in [0.15, 0.2) is 16.3 Å². The number of sulfonamides is 1. The molecule has 1 aromatic heterocycles. The molecule has 1 aliphatic heterocycles. The summed E-state index contributed by atoms with van der Waals surface area (Å²) in [6.07, 6.45) is 0.844. The molecule has 0 N–H and O–H groups in total. The molecule has 2 rings (SSSR count). The summed E-state index contributed by atoms with van der Waals surface area (Å²) in [6.45, 7) is 7.44. The van der Waals surface area contributed by atoms with Crippen LogP contribution in [0.25, 0.3) is 0 Å². The Morgan fingerprint density at radius 1 is 1.24 bits per heavy atom. The van der Waals surface area contributed by atoms with Gasteiger partial charge in [-0.2, -0.15) is 4.31 Å². The van der Waals surface area contributed by atoms with E-state index >= 15 is 0 Å². The molecular weight excluding hydrogens is 308 g/mol. The maximum absolute atomic E-state index is 12.6. The van der Waals surface area contributed by atoms with Crippen molar-refractivity contribution in [1.82, 2.24) is 9.21 Å². The fraction of sp³-hybridized carbons (Fsp3) is 0.643. The lowest BCUT2D eigenvalue weighted by Gasteiger charge is -2.34. The highest BCUT2D eigenvalue weighted by atomic mass is 32.2. The Kier molecular flexibility index (Phi) is 5.06. The highest BCUT2D eigenvalue weighted by Crippen LogP contribution is 2.26. The van der Waals surface area contributed by atoms with Crippen LogP contribution in [0.5, 0.6) is 0 Å². The Morgan fingerprint density at radius 3 is 2.33 bits per heavy atom. The predicted octanol–water partition coefficient (Wildman–Crippen LogP) is 1.80. The van der Waals surface area contributed by atoms with E-state index in [-0.39, 0.29) is 11.8 Å². The number of amides is 1. The van der Waals surface area contributed by atoms with E-state index in [2.05, 4.69) is 0 Å². The lowest BCUT2D eigenvalue weighted by atomic mass is 10.2. The van der Waals surface area contributed by atoms with E-state index in [4.69, 9.17) is 0 Å². The Morgan fingerprint density at radius 2 is 1.86 bits per heavy atom. The largest absolute Gasteiger partial charge is 0.340 e. The summed E-state index contributed by atoms with van der Waals surface area (Å²) >= 11 is 1.34. The van der Waals surface area contributed by atoms with E-state index in [1.165, 1.54) is 15.6 Å². The van der Waals surface area contributed by atoms with Gasteiger partial charge in [0.15, 0.2) is 0 Å². The Bertz CT molecular complexity index is 599. The second kappa shape index (κ2) is 6.46. The number of thiophene rings is 1. The molecular formula is C14H22N2O3S2. The number of hydrogen-bond acceptors (Lipinski definition) is 4. The summed E-state index contributed by atoms with van der Waals surface area (Å²) in [5.74, 6) is 0.0500. The van der Waals surface area contributed by atoms with Gasteiger partial charge < -0.3 is 4.90 Å². The first-order chi connectivity index (χ1) is 9.86. The zero-order valence-electron chi connectivity index (χ0n) is 12.7. The van der Waals surface area contributed by atoms with Gasteiger partial charge in [-0.1, -0.05) is 20.8 Å². The predicted molar refractivity (Wildman–Crippen MR) is 83.9 cm³/mol. The topological polar surface area (TPSA) is 57.7 Å². The molecule has 5 nitrogen and oxygen atoms in total. The van der Waals surface area contributed by atoms with E-state index in [0.717, 1.165) is 11.3 Å². The van der Waals surface area contributed by atoms with Crippen LogP contribution >= 0.6 is 11.3 Å². The van der Waals surface area contributed by atoms with Gasteiger partial charge in [0.2, 0.25) is 5.91 Å². The van der Waals surface area contributed by atoms with Gasteiger partial charge in [-0.3, -0.25) is 4.79 Å². The van der Waals surface area contributed by atoms with E-state index in [1.807, 2.05) is 26.8 Å². The van der Waals surface area contributed by atoms with Crippen LogP contribution in [0, 0.1) is 5.92 Å². The van der Waals surface area contributed by atoms with Gasteiger partial charge in [-0.15, -0.1) is 11.3 Å². The molecule has 1 aromatic rings. The first-order valence-corrected chi connectivity index (χ1v) is 9.49.